The van der Waals surface area contributed by atoms with E-state index in [2.05, 4.69) is 37.4 Å². The van der Waals surface area contributed by atoms with Crippen LogP contribution in [0.1, 0.15) is 65.6 Å². The van der Waals surface area contributed by atoms with Crippen LogP contribution in [-0.2, 0) is 11.2 Å². The van der Waals surface area contributed by atoms with Crippen molar-refractivity contribution in [2.45, 2.75) is 51.0 Å². The van der Waals surface area contributed by atoms with Gasteiger partial charge in [0.25, 0.3) is 5.91 Å². The second kappa shape index (κ2) is 9.18. The molecule has 4 nitrogen and oxygen atoms in total. The van der Waals surface area contributed by atoms with Crippen molar-refractivity contribution >= 4 is 40.7 Å². The van der Waals surface area contributed by atoms with E-state index in [0.29, 0.717) is 22.2 Å². The molecule has 3 aromatic rings. The molecule has 2 fully saturated rings. The quantitative estimate of drug-likeness (QED) is 0.394. The van der Waals surface area contributed by atoms with Crippen molar-refractivity contribution < 1.29 is 9.59 Å². The summed E-state index contributed by atoms with van der Waals surface area (Å²) in [7, 11) is 0. The number of anilines is 1. The lowest BCUT2D eigenvalue weighted by Crippen LogP contribution is -2.42. The molecule has 0 bridgehead atoms. The van der Waals surface area contributed by atoms with Gasteiger partial charge in [0, 0.05) is 39.8 Å². The summed E-state index contributed by atoms with van der Waals surface area (Å²) >= 11 is 13.2. The highest BCUT2D eigenvalue weighted by Crippen LogP contribution is 2.59. The first-order valence-corrected chi connectivity index (χ1v) is 13.8. The Kier molecular flexibility index (Phi) is 6.08. The third kappa shape index (κ3) is 3.97. The molecule has 2 amide bonds. The van der Waals surface area contributed by atoms with Crippen LogP contribution in [0, 0.1) is 11.3 Å². The molecule has 3 aliphatic rings. The second-order valence-electron chi connectivity index (χ2n) is 11.0. The van der Waals surface area contributed by atoms with Gasteiger partial charge in [0.1, 0.15) is 0 Å². The van der Waals surface area contributed by atoms with Gasteiger partial charge in [-0.3, -0.25) is 9.59 Å². The maximum atomic E-state index is 13.4. The van der Waals surface area contributed by atoms with Gasteiger partial charge in [0.2, 0.25) is 5.91 Å². The zero-order valence-electron chi connectivity index (χ0n) is 21.0. The van der Waals surface area contributed by atoms with Crippen LogP contribution in [-0.4, -0.2) is 24.4 Å². The number of halogens is 2. The maximum absolute atomic E-state index is 13.4. The standard InChI is InChI=1S/C31H30Cl2N2O2/c1-18-28-27(20-7-10-22(32)11-8-20)24(13-15-31(28,2)30(37)34-18)23-12-9-21(17-25(23)33)29(36)35-16-14-19-5-3-4-6-26(19)35/h3-12,17-18,24,27-28H,13-16H2,1-2H3,(H,34,37)/t18-,24+,27+,28+,31-/m1/s1. The van der Waals surface area contributed by atoms with Crippen molar-refractivity contribution in [1.82, 2.24) is 5.32 Å². The Hall–Kier alpha value is -2.82. The molecule has 190 valence electrons. The van der Waals surface area contributed by atoms with Crippen LogP contribution < -0.4 is 10.2 Å². The molecule has 6 heteroatoms. The van der Waals surface area contributed by atoms with Crippen LogP contribution >= 0.6 is 23.2 Å². The highest BCUT2D eigenvalue weighted by Gasteiger charge is 2.57. The van der Waals surface area contributed by atoms with Crippen molar-refractivity contribution in [3.63, 3.8) is 0 Å². The summed E-state index contributed by atoms with van der Waals surface area (Å²) in [5.41, 5.74) is 4.55. The number of carbonyl (C=O) groups is 2. The topological polar surface area (TPSA) is 49.4 Å². The molecule has 3 aromatic carbocycles. The van der Waals surface area contributed by atoms with E-state index in [1.165, 1.54) is 11.1 Å². The van der Waals surface area contributed by atoms with E-state index in [1.54, 1.807) is 0 Å². The molecule has 0 unspecified atom stereocenters. The fourth-order valence-corrected chi connectivity index (χ4v) is 7.62. The van der Waals surface area contributed by atoms with Crippen LogP contribution in [0.2, 0.25) is 10.0 Å². The minimum Gasteiger partial charge on any atom is -0.353 e. The number of nitrogens with one attached hydrogen (secondary N) is 1. The highest BCUT2D eigenvalue weighted by molar-refractivity contribution is 6.32. The van der Waals surface area contributed by atoms with E-state index in [0.717, 1.165) is 30.5 Å². The minimum atomic E-state index is -0.425. The molecule has 5 atom stereocenters. The summed E-state index contributed by atoms with van der Waals surface area (Å²) in [6.07, 6.45) is 2.50. The molecular weight excluding hydrogens is 503 g/mol. The molecule has 0 aromatic heterocycles. The van der Waals surface area contributed by atoms with E-state index in [9.17, 15) is 9.59 Å². The largest absolute Gasteiger partial charge is 0.353 e. The summed E-state index contributed by atoms with van der Waals surface area (Å²) in [5, 5.41) is 4.51. The summed E-state index contributed by atoms with van der Waals surface area (Å²) in [6.45, 7) is 4.89. The Morgan fingerprint density at radius 2 is 1.81 bits per heavy atom. The summed E-state index contributed by atoms with van der Waals surface area (Å²) in [4.78, 5) is 28.3. The average molecular weight is 533 g/mol. The smallest absolute Gasteiger partial charge is 0.258 e. The van der Waals surface area contributed by atoms with Crippen molar-refractivity contribution in [3.05, 3.63) is 99.0 Å². The molecule has 0 spiro atoms. The van der Waals surface area contributed by atoms with Crippen molar-refractivity contribution in [2.24, 2.45) is 11.3 Å². The van der Waals surface area contributed by atoms with Gasteiger partial charge in [-0.15, -0.1) is 0 Å². The number of para-hydroxylation sites is 1. The van der Waals surface area contributed by atoms with Gasteiger partial charge in [-0.2, -0.15) is 0 Å². The number of rotatable bonds is 3. The lowest BCUT2D eigenvalue weighted by molar-refractivity contribution is -0.129. The van der Waals surface area contributed by atoms with Crippen LogP contribution in [0.15, 0.2) is 66.7 Å². The molecule has 6 rings (SSSR count). The van der Waals surface area contributed by atoms with Gasteiger partial charge < -0.3 is 10.2 Å². The van der Waals surface area contributed by atoms with E-state index >= 15 is 0 Å². The van der Waals surface area contributed by atoms with Gasteiger partial charge in [-0.25, -0.2) is 0 Å². The number of nitrogens with zero attached hydrogens (tertiary/aromatic N) is 1. The van der Waals surface area contributed by atoms with Crippen molar-refractivity contribution in [2.75, 3.05) is 11.4 Å². The highest BCUT2D eigenvalue weighted by atomic mass is 35.5. The Balaban J connectivity index is 1.36. The van der Waals surface area contributed by atoms with Crippen molar-refractivity contribution in [1.29, 1.82) is 0 Å². The normalized spacial score (nSPS) is 28.5. The first-order chi connectivity index (χ1) is 17.8. The number of amides is 2. The third-order valence-corrected chi connectivity index (χ3v) is 9.56. The summed E-state index contributed by atoms with van der Waals surface area (Å²) < 4.78 is 0. The number of benzene rings is 3. The lowest BCUT2D eigenvalue weighted by atomic mass is 9.56. The zero-order valence-corrected chi connectivity index (χ0v) is 22.5. The third-order valence-electron chi connectivity index (χ3n) is 8.98. The predicted molar refractivity (Wildman–Crippen MR) is 149 cm³/mol. The van der Waals surface area contributed by atoms with Crippen LogP contribution in [0.25, 0.3) is 0 Å². The number of fused-ring (bicyclic) bond motifs is 2. The van der Waals surface area contributed by atoms with E-state index in [-0.39, 0.29) is 35.6 Å². The molecule has 2 heterocycles. The van der Waals surface area contributed by atoms with Gasteiger partial charge in [-0.05, 0) is 85.0 Å². The van der Waals surface area contributed by atoms with E-state index in [4.69, 9.17) is 23.2 Å². The van der Waals surface area contributed by atoms with Crippen LogP contribution in [0.3, 0.4) is 0 Å². The molecule has 37 heavy (non-hydrogen) atoms. The fourth-order valence-electron chi connectivity index (χ4n) is 7.18. The molecule has 1 saturated heterocycles. The van der Waals surface area contributed by atoms with Gasteiger partial charge >= 0.3 is 0 Å². The van der Waals surface area contributed by atoms with Gasteiger partial charge in [-0.1, -0.05) is 66.5 Å². The molecule has 1 N–H and O–H groups in total. The fraction of sp³-hybridized carbons (Fsp3) is 0.355. The summed E-state index contributed by atoms with van der Waals surface area (Å²) in [6, 6.07) is 21.9. The monoisotopic (exact) mass is 532 g/mol. The first-order valence-electron chi connectivity index (χ1n) is 13.0. The molecule has 0 radical (unpaired) electrons. The van der Waals surface area contributed by atoms with E-state index in [1.807, 2.05) is 53.4 Å². The number of hydrogen-bond acceptors (Lipinski definition) is 2. The van der Waals surface area contributed by atoms with Crippen LogP contribution in [0.5, 0.6) is 0 Å². The molecule has 2 aliphatic heterocycles. The Bertz CT molecular complexity index is 1390. The Labute approximate surface area is 228 Å². The Morgan fingerprint density at radius 1 is 1.05 bits per heavy atom. The minimum absolute atomic E-state index is 0.0249. The van der Waals surface area contributed by atoms with Gasteiger partial charge in [0.15, 0.2) is 0 Å². The molecule has 1 aliphatic carbocycles. The van der Waals surface area contributed by atoms with Gasteiger partial charge in [0.05, 0.1) is 5.41 Å². The number of hydrogen-bond donors (Lipinski definition) is 1. The predicted octanol–water partition coefficient (Wildman–Crippen LogP) is 7.00. The first kappa shape index (κ1) is 24.5. The van der Waals surface area contributed by atoms with Crippen molar-refractivity contribution in [3.8, 4) is 0 Å². The average Bonchev–Trinajstić information content (AvgIpc) is 3.42. The zero-order chi connectivity index (χ0) is 25.9. The summed E-state index contributed by atoms with van der Waals surface area (Å²) in [5.74, 6) is 0.454. The molecule has 1 saturated carbocycles. The Morgan fingerprint density at radius 3 is 2.57 bits per heavy atom. The van der Waals surface area contributed by atoms with E-state index < -0.39 is 5.41 Å². The van der Waals surface area contributed by atoms with Crippen LogP contribution in [0.4, 0.5) is 5.69 Å². The molecular formula is C31H30Cl2N2O2. The lowest BCUT2D eigenvalue weighted by Gasteiger charge is -2.46. The maximum Gasteiger partial charge on any atom is 0.258 e. The second-order valence-corrected chi connectivity index (χ2v) is 11.8. The SMILES string of the molecule is C[C@H]1NC(=O)[C@]2(C)CC[C@@H](c3ccc(C(=O)N4CCc5ccccc54)cc3Cl)[C@H](c3ccc(Cl)cc3)[C@H]12. The number of carbonyl (C=O) groups excluding carboxylic acids is 2.